The Balaban J connectivity index is 2.23. The summed E-state index contributed by atoms with van der Waals surface area (Å²) in [6.45, 7) is 0. The van der Waals surface area contributed by atoms with Gasteiger partial charge in [0.1, 0.15) is 6.29 Å². The zero-order valence-electron chi connectivity index (χ0n) is 7.57. The fourth-order valence-electron chi connectivity index (χ4n) is 1.98. The monoisotopic (exact) mass is 175 g/mol. The number of carbonyl (C=O) groups excluding carboxylic acids is 1. The lowest BCUT2D eigenvalue weighted by atomic mass is 10.0. The highest BCUT2D eigenvalue weighted by Gasteiger charge is 2.17. The lowest BCUT2D eigenvalue weighted by Gasteiger charge is -2.07. The SMILES string of the molecule is O=Cc1ccnc(C2CCCC2)c1. The minimum atomic E-state index is 0.597. The highest BCUT2D eigenvalue weighted by molar-refractivity contribution is 5.74. The molecule has 1 aliphatic rings. The first-order valence-corrected chi connectivity index (χ1v) is 4.81. The quantitative estimate of drug-likeness (QED) is 0.646. The largest absolute Gasteiger partial charge is 0.298 e. The number of hydrogen-bond acceptors (Lipinski definition) is 2. The van der Waals surface area contributed by atoms with Gasteiger partial charge in [-0.3, -0.25) is 9.78 Å². The molecule has 1 fully saturated rings. The number of aromatic nitrogens is 1. The first-order chi connectivity index (χ1) is 6.40. The van der Waals surface area contributed by atoms with Crippen molar-refractivity contribution in [2.45, 2.75) is 31.6 Å². The molecule has 2 heteroatoms. The van der Waals surface area contributed by atoms with Crippen LogP contribution in [0, 0.1) is 0 Å². The van der Waals surface area contributed by atoms with Crippen LogP contribution in [0.25, 0.3) is 0 Å². The van der Waals surface area contributed by atoms with Crippen LogP contribution < -0.4 is 0 Å². The molecule has 1 aromatic heterocycles. The van der Waals surface area contributed by atoms with Gasteiger partial charge in [-0.2, -0.15) is 0 Å². The van der Waals surface area contributed by atoms with Gasteiger partial charge in [-0.1, -0.05) is 12.8 Å². The predicted molar refractivity (Wildman–Crippen MR) is 50.8 cm³/mol. The molecular formula is C11H13NO. The van der Waals surface area contributed by atoms with Crippen molar-refractivity contribution in [3.63, 3.8) is 0 Å². The molecule has 0 unspecified atom stereocenters. The average Bonchev–Trinajstić information content (AvgIpc) is 2.71. The normalized spacial score (nSPS) is 17.5. The third-order valence-electron chi connectivity index (χ3n) is 2.71. The van der Waals surface area contributed by atoms with Crippen molar-refractivity contribution in [1.82, 2.24) is 4.98 Å². The Bertz CT molecular complexity index is 303. The van der Waals surface area contributed by atoms with E-state index in [0.717, 1.165) is 17.5 Å². The minimum absolute atomic E-state index is 0.597. The molecule has 0 N–H and O–H groups in total. The number of nitrogens with zero attached hydrogens (tertiary/aromatic N) is 1. The molecule has 0 spiro atoms. The zero-order chi connectivity index (χ0) is 9.10. The van der Waals surface area contributed by atoms with Gasteiger partial charge in [0.25, 0.3) is 0 Å². The van der Waals surface area contributed by atoms with E-state index in [1.807, 2.05) is 6.07 Å². The van der Waals surface area contributed by atoms with Gasteiger partial charge in [0, 0.05) is 23.4 Å². The highest BCUT2D eigenvalue weighted by Crippen LogP contribution is 2.32. The van der Waals surface area contributed by atoms with Crippen LogP contribution in [0.1, 0.15) is 47.7 Å². The third-order valence-corrected chi connectivity index (χ3v) is 2.71. The summed E-state index contributed by atoms with van der Waals surface area (Å²) in [4.78, 5) is 14.9. The molecule has 2 rings (SSSR count). The lowest BCUT2D eigenvalue weighted by molar-refractivity contribution is 0.112. The molecule has 13 heavy (non-hydrogen) atoms. The Labute approximate surface area is 78.0 Å². The van der Waals surface area contributed by atoms with Crippen LogP contribution in [0.2, 0.25) is 0 Å². The molecule has 0 atom stereocenters. The standard InChI is InChI=1S/C11H13NO/c13-8-9-5-6-12-11(7-9)10-3-1-2-4-10/h5-8,10H,1-4H2. The zero-order valence-corrected chi connectivity index (χ0v) is 7.57. The van der Waals surface area contributed by atoms with Gasteiger partial charge in [0.2, 0.25) is 0 Å². The molecule has 2 nitrogen and oxygen atoms in total. The van der Waals surface area contributed by atoms with Gasteiger partial charge in [0.05, 0.1) is 0 Å². The summed E-state index contributed by atoms with van der Waals surface area (Å²) in [5.41, 5.74) is 1.85. The first-order valence-electron chi connectivity index (χ1n) is 4.81. The van der Waals surface area contributed by atoms with Gasteiger partial charge < -0.3 is 0 Å². The lowest BCUT2D eigenvalue weighted by Crippen LogP contribution is -1.96. The first kappa shape index (κ1) is 8.42. The summed E-state index contributed by atoms with van der Waals surface area (Å²) in [7, 11) is 0. The summed E-state index contributed by atoms with van der Waals surface area (Å²) in [6, 6.07) is 3.68. The molecule has 0 aromatic carbocycles. The Morgan fingerprint density at radius 3 is 2.85 bits per heavy atom. The van der Waals surface area contributed by atoms with Crippen molar-refractivity contribution in [3.05, 3.63) is 29.6 Å². The molecule has 1 aromatic rings. The molecule has 1 heterocycles. The third kappa shape index (κ3) is 1.77. The van der Waals surface area contributed by atoms with E-state index in [0.29, 0.717) is 5.92 Å². The maximum Gasteiger partial charge on any atom is 0.150 e. The predicted octanol–water partition coefficient (Wildman–Crippen LogP) is 2.55. The smallest absolute Gasteiger partial charge is 0.150 e. The van der Waals surface area contributed by atoms with E-state index in [1.54, 1.807) is 12.3 Å². The molecule has 0 bridgehead atoms. The van der Waals surface area contributed by atoms with Crippen LogP contribution in [0.4, 0.5) is 0 Å². The van der Waals surface area contributed by atoms with E-state index in [-0.39, 0.29) is 0 Å². The maximum atomic E-state index is 10.5. The van der Waals surface area contributed by atoms with E-state index in [4.69, 9.17) is 0 Å². The molecule has 1 aliphatic carbocycles. The van der Waals surface area contributed by atoms with E-state index in [1.165, 1.54) is 25.7 Å². The van der Waals surface area contributed by atoms with E-state index in [9.17, 15) is 4.79 Å². The van der Waals surface area contributed by atoms with Crippen LogP contribution in [0.5, 0.6) is 0 Å². The van der Waals surface area contributed by atoms with Gasteiger partial charge in [-0.25, -0.2) is 0 Å². The summed E-state index contributed by atoms with van der Waals surface area (Å²) < 4.78 is 0. The van der Waals surface area contributed by atoms with Crippen LogP contribution in [0.3, 0.4) is 0 Å². The molecule has 1 saturated carbocycles. The van der Waals surface area contributed by atoms with Gasteiger partial charge in [-0.15, -0.1) is 0 Å². The van der Waals surface area contributed by atoms with Gasteiger partial charge in [0.15, 0.2) is 0 Å². The summed E-state index contributed by atoms with van der Waals surface area (Å²) in [6.07, 6.45) is 7.69. The molecule has 0 amide bonds. The van der Waals surface area contributed by atoms with E-state index >= 15 is 0 Å². The summed E-state index contributed by atoms with van der Waals surface area (Å²) in [5.74, 6) is 0.597. The molecule has 68 valence electrons. The van der Waals surface area contributed by atoms with Gasteiger partial charge in [-0.05, 0) is 25.0 Å². The second kappa shape index (κ2) is 3.69. The fraction of sp³-hybridized carbons (Fsp3) is 0.455. The minimum Gasteiger partial charge on any atom is -0.298 e. The van der Waals surface area contributed by atoms with Crippen molar-refractivity contribution in [2.24, 2.45) is 0 Å². The van der Waals surface area contributed by atoms with Crippen molar-refractivity contribution < 1.29 is 4.79 Å². The second-order valence-electron chi connectivity index (χ2n) is 3.61. The van der Waals surface area contributed by atoms with E-state index < -0.39 is 0 Å². The number of aldehydes is 1. The number of hydrogen-bond donors (Lipinski definition) is 0. The Kier molecular flexibility index (Phi) is 2.39. The molecular weight excluding hydrogens is 162 g/mol. The maximum absolute atomic E-state index is 10.5. The molecule has 0 radical (unpaired) electrons. The van der Waals surface area contributed by atoms with Crippen LogP contribution in [0.15, 0.2) is 18.3 Å². The van der Waals surface area contributed by atoms with Crippen molar-refractivity contribution >= 4 is 6.29 Å². The van der Waals surface area contributed by atoms with Crippen molar-refractivity contribution in [3.8, 4) is 0 Å². The fourth-order valence-corrected chi connectivity index (χ4v) is 1.98. The Hall–Kier alpha value is -1.18. The summed E-state index contributed by atoms with van der Waals surface area (Å²) in [5, 5.41) is 0. The van der Waals surface area contributed by atoms with Crippen molar-refractivity contribution in [2.75, 3.05) is 0 Å². The van der Waals surface area contributed by atoms with E-state index in [2.05, 4.69) is 4.98 Å². The topological polar surface area (TPSA) is 30.0 Å². The average molecular weight is 175 g/mol. The van der Waals surface area contributed by atoms with Crippen LogP contribution in [-0.2, 0) is 0 Å². The molecule has 0 aliphatic heterocycles. The number of pyridine rings is 1. The Morgan fingerprint density at radius 2 is 2.15 bits per heavy atom. The van der Waals surface area contributed by atoms with Crippen LogP contribution in [-0.4, -0.2) is 11.3 Å². The summed E-state index contributed by atoms with van der Waals surface area (Å²) >= 11 is 0. The van der Waals surface area contributed by atoms with Gasteiger partial charge >= 0.3 is 0 Å². The number of rotatable bonds is 2. The number of carbonyl (C=O) groups is 1. The second-order valence-corrected chi connectivity index (χ2v) is 3.61. The highest BCUT2D eigenvalue weighted by atomic mass is 16.1. The van der Waals surface area contributed by atoms with Crippen molar-refractivity contribution in [1.29, 1.82) is 0 Å². The Morgan fingerprint density at radius 1 is 1.38 bits per heavy atom. The van der Waals surface area contributed by atoms with Crippen LogP contribution >= 0.6 is 0 Å². The molecule has 0 saturated heterocycles.